The van der Waals surface area contributed by atoms with E-state index in [1.807, 2.05) is 42.5 Å². The van der Waals surface area contributed by atoms with Crippen LogP contribution in [0.1, 0.15) is 0 Å². The van der Waals surface area contributed by atoms with E-state index >= 15 is 0 Å². The molecule has 0 atom stereocenters. The summed E-state index contributed by atoms with van der Waals surface area (Å²) in [7, 11) is 0. The quantitative estimate of drug-likeness (QED) is 0.371. The summed E-state index contributed by atoms with van der Waals surface area (Å²) in [5.74, 6) is 0. The van der Waals surface area contributed by atoms with E-state index in [-0.39, 0.29) is 10.6 Å². The van der Waals surface area contributed by atoms with E-state index in [1.54, 1.807) is 24.3 Å². The third-order valence-corrected chi connectivity index (χ3v) is 5.40. The largest absolute Gasteiger partial charge is 0.399 e. The summed E-state index contributed by atoms with van der Waals surface area (Å²) < 4.78 is 0. The summed E-state index contributed by atoms with van der Waals surface area (Å²) in [6, 6.07) is 19.9. The van der Waals surface area contributed by atoms with Gasteiger partial charge in [0.1, 0.15) is 0 Å². The van der Waals surface area contributed by atoms with Gasteiger partial charge in [0.15, 0.2) is 0 Å². The lowest BCUT2D eigenvalue weighted by Crippen LogP contribution is -1.91. The first-order valence-corrected chi connectivity index (χ1v) is 9.00. The fourth-order valence-corrected chi connectivity index (χ4v) is 4.02. The van der Waals surface area contributed by atoms with Crippen molar-refractivity contribution in [1.82, 2.24) is 0 Å². The number of nitro benzene ring substituents is 1. The molecule has 0 spiro atoms. The number of nitrogens with zero attached hydrogens (tertiary/aromatic N) is 1. The molecule has 3 rings (SSSR count). The lowest BCUT2D eigenvalue weighted by molar-refractivity contribution is -0.387. The minimum atomic E-state index is -0.364. The molecule has 0 aliphatic heterocycles. The highest BCUT2D eigenvalue weighted by molar-refractivity contribution is 8.00. The van der Waals surface area contributed by atoms with Crippen molar-refractivity contribution in [2.24, 2.45) is 0 Å². The van der Waals surface area contributed by atoms with Crippen LogP contribution < -0.4 is 11.5 Å². The van der Waals surface area contributed by atoms with E-state index in [0.717, 1.165) is 14.7 Å². The molecule has 0 radical (unpaired) electrons. The zero-order valence-corrected chi connectivity index (χ0v) is 14.7. The molecule has 0 saturated heterocycles. The van der Waals surface area contributed by atoms with E-state index in [0.29, 0.717) is 16.3 Å². The molecule has 25 heavy (non-hydrogen) atoms. The molecule has 0 aromatic heterocycles. The molecule has 5 nitrogen and oxygen atoms in total. The standard InChI is InChI=1S/C18H15N3O2S2/c19-12-1-5-14(6-2-12)24-16-9-10-17(21(22)23)18(11-16)25-15-7-3-13(20)4-8-15/h1-11H,19-20H2. The highest BCUT2D eigenvalue weighted by Gasteiger charge is 2.16. The number of hydrogen-bond donors (Lipinski definition) is 2. The van der Waals surface area contributed by atoms with Crippen LogP contribution in [0, 0.1) is 10.1 Å². The van der Waals surface area contributed by atoms with Crippen LogP contribution in [0.2, 0.25) is 0 Å². The lowest BCUT2D eigenvalue weighted by atomic mass is 10.3. The first-order valence-electron chi connectivity index (χ1n) is 7.36. The van der Waals surface area contributed by atoms with Gasteiger partial charge in [-0.25, -0.2) is 0 Å². The second-order valence-corrected chi connectivity index (χ2v) is 7.49. The Labute approximate surface area is 153 Å². The number of anilines is 2. The Morgan fingerprint density at radius 2 is 1.20 bits per heavy atom. The molecular weight excluding hydrogens is 354 g/mol. The van der Waals surface area contributed by atoms with Gasteiger partial charge in [-0.2, -0.15) is 0 Å². The van der Waals surface area contributed by atoms with Crippen LogP contribution in [-0.4, -0.2) is 4.92 Å². The average Bonchev–Trinajstić information content (AvgIpc) is 2.59. The topological polar surface area (TPSA) is 95.2 Å². The summed E-state index contributed by atoms with van der Waals surface area (Å²) in [6.45, 7) is 0. The summed E-state index contributed by atoms with van der Waals surface area (Å²) in [5.41, 5.74) is 12.8. The van der Waals surface area contributed by atoms with Gasteiger partial charge in [0, 0.05) is 32.1 Å². The zero-order chi connectivity index (χ0) is 17.8. The molecule has 3 aromatic rings. The van der Waals surface area contributed by atoms with Crippen LogP contribution in [-0.2, 0) is 0 Å². The van der Waals surface area contributed by atoms with Crippen molar-refractivity contribution in [2.45, 2.75) is 19.6 Å². The van der Waals surface area contributed by atoms with E-state index in [1.165, 1.54) is 23.5 Å². The molecule has 0 aliphatic carbocycles. The smallest absolute Gasteiger partial charge is 0.283 e. The first-order chi connectivity index (χ1) is 12.0. The molecule has 4 N–H and O–H groups in total. The van der Waals surface area contributed by atoms with E-state index in [4.69, 9.17) is 11.5 Å². The summed E-state index contributed by atoms with van der Waals surface area (Å²) in [6.07, 6.45) is 0. The molecule has 0 bridgehead atoms. The summed E-state index contributed by atoms with van der Waals surface area (Å²) >= 11 is 2.88. The fourth-order valence-electron chi connectivity index (χ4n) is 2.13. The van der Waals surface area contributed by atoms with Crippen molar-refractivity contribution in [1.29, 1.82) is 0 Å². The number of benzene rings is 3. The van der Waals surface area contributed by atoms with Crippen LogP contribution in [0.25, 0.3) is 0 Å². The SMILES string of the molecule is Nc1ccc(Sc2ccc([N+](=O)[O-])c(Sc3ccc(N)cc3)c2)cc1. The lowest BCUT2D eigenvalue weighted by Gasteiger charge is -2.07. The molecule has 7 heteroatoms. The Balaban J connectivity index is 1.89. The minimum Gasteiger partial charge on any atom is -0.399 e. The Hall–Kier alpha value is -2.64. The van der Waals surface area contributed by atoms with Gasteiger partial charge in [0.25, 0.3) is 5.69 Å². The third-order valence-electron chi connectivity index (χ3n) is 3.35. The van der Waals surface area contributed by atoms with Crippen LogP contribution in [0.4, 0.5) is 17.1 Å². The predicted octanol–water partition coefficient (Wildman–Crippen LogP) is 5.06. The van der Waals surface area contributed by atoms with E-state index < -0.39 is 0 Å². The Kier molecular flexibility index (Phi) is 5.16. The highest BCUT2D eigenvalue weighted by Crippen LogP contribution is 2.39. The van der Waals surface area contributed by atoms with Crippen LogP contribution in [0.5, 0.6) is 0 Å². The van der Waals surface area contributed by atoms with Gasteiger partial charge in [-0.05, 0) is 60.7 Å². The molecular formula is C18H15N3O2S2. The zero-order valence-electron chi connectivity index (χ0n) is 13.1. The molecule has 0 aliphatic rings. The first kappa shape index (κ1) is 17.2. The number of nitro groups is 1. The normalized spacial score (nSPS) is 10.6. The van der Waals surface area contributed by atoms with Crippen molar-refractivity contribution >= 4 is 40.6 Å². The van der Waals surface area contributed by atoms with Gasteiger partial charge in [-0.1, -0.05) is 23.5 Å². The predicted molar refractivity (Wildman–Crippen MR) is 103 cm³/mol. The Morgan fingerprint density at radius 3 is 1.72 bits per heavy atom. The van der Waals surface area contributed by atoms with Gasteiger partial charge in [0.2, 0.25) is 0 Å². The number of nitrogens with two attached hydrogens (primary N) is 2. The van der Waals surface area contributed by atoms with Gasteiger partial charge in [-0.3, -0.25) is 10.1 Å². The van der Waals surface area contributed by atoms with Gasteiger partial charge in [-0.15, -0.1) is 0 Å². The second kappa shape index (κ2) is 7.50. The van der Waals surface area contributed by atoms with Crippen molar-refractivity contribution in [3.05, 3.63) is 76.8 Å². The second-order valence-electron chi connectivity index (χ2n) is 5.23. The molecule has 0 fully saturated rings. The summed E-state index contributed by atoms with van der Waals surface area (Å²) in [4.78, 5) is 14.4. The Bertz CT molecular complexity index is 897. The monoisotopic (exact) mass is 369 g/mol. The maximum atomic E-state index is 11.3. The molecule has 0 saturated carbocycles. The van der Waals surface area contributed by atoms with Crippen LogP contribution in [0.15, 0.2) is 86.3 Å². The molecule has 0 heterocycles. The van der Waals surface area contributed by atoms with Gasteiger partial charge < -0.3 is 11.5 Å². The number of nitrogen functional groups attached to an aromatic ring is 2. The Morgan fingerprint density at radius 1 is 0.720 bits per heavy atom. The van der Waals surface area contributed by atoms with Crippen molar-refractivity contribution in [3.63, 3.8) is 0 Å². The number of hydrogen-bond acceptors (Lipinski definition) is 6. The maximum Gasteiger partial charge on any atom is 0.283 e. The van der Waals surface area contributed by atoms with Crippen LogP contribution >= 0.6 is 23.5 Å². The van der Waals surface area contributed by atoms with E-state index in [2.05, 4.69) is 0 Å². The van der Waals surface area contributed by atoms with E-state index in [9.17, 15) is 10.1 Å². The fraction of sp³-hybridized carbons (Fsp3) is 0. The summed E-state index contributed by atoms with van der Waals surface area (Å²) in [5, 5.41) is 11.3. The average molecular weight is 369 g/mol. The third kappa shape index (κ3) is 4.46. The van der Waals surface area contributed by atoms with Gasteiger partial charge >= 0.3 is 0 Å². The highest BCUT2D eigenvalue weighted by atomic mass is 32.2. The van der Waals surface area contributed by atoms with Gasteiger partial charge in [0.05, 0.1) is 9.82 Å². The molecule has 3 aromatic carbocycles. The molecule has 0 amide bonds. The minimum absolute atomic E-state index is 0.0866. The van der Waals surface area contributed by atoms with Crippen molar-refractivity contribution < 1.29 is 4.92 Å². The number of rotatable bonds is 5. The van der Waals surface area contributed by atoms with Crippen molar-refractivity contribution in [2.75, 3.05) is 11.5 Å². The molecule has 0 unspecified atom stereocenters. The maximum absolute atomic E-state index is 11.3. The van der Waals surface area contributed by atoms with Crippen LogP contribution in [0.3, 0.4) is 0 Å². The molecule has 126 valence electrons. The van der Waals surface area contributed by atoms with Crippen molar-refractivity contribution in [3.8, 4) is 0 Å².